The van der Waals surface area contributed by atoms with Gasteiger partial charge in [0.05, 0.1) is 12.4 Å². The fraction of sp³-hybridized carbons (Fsp3) is 0.529. The molecule has 0 saturated heterocycles. The molecule has 31 heavy (non-hydrogen) atoms. The lowest BCUT2D eigenvalue weighted by molar-refractivity contribution is -0.142. The molecule has 12 N–H and O–H groups in total. The van der Waals surface area contributed by atoms with Crippen LogP contribution in [-0.4, -0.2) is 69.4 Å². The largest absolute Gasteiger partial charge is 0.480 e. The van der Waals surface area contributed by atoms with Gasteiger partial charge in [-0.05, 0) is 19.3 Å². The Bertz CT molecular complexity index is 777. The van der Waals surface area contributed by atoms with E-state index in [1.54, 1.807) is 0 Å². The molecule has 0 radical (unpaired) electrons. The highest BCUT2D eigenvalue weighted by atomic mass is 16.4. The molecule has 0 saturated carbocycles. The quantitative estimate of drug-likeness (QED) is 0.0816. The Morgan fingerprint density at radius 1 is 1.10 bits per heavy atom. The summed E-state index contributed by atoms with van der Waals surface area (Å²) in [5, 5.41) is 14.1. The van der Waals surface area contributed by atoms with Gasteiger partial charge in [-0.2, -0.15) is 0 Å². The van der Waals surface area contributed by atoms with Crippen LogP contribution in [0.5, 0.6) is 0 Å². The molecule has 0 fully saturated rings. The lowest BCUT2D eigenvalue weighted by Gasteiger charge is -2.22. The molecule has 14 nitrogen and oxygen atoms in total. The monoisotopic (exact) mass is 439 g/mol. The molecule has 0 aliphatic rings. The first-order valence-corrected chi connectivity index (χ1v) is 9.50. The van der Waals surface area contributed by atoms with Crippen LogP contribution in [0.25, 0.3) is 0 Å². The number of aromatic amines is 1. The van der Waals surface area contributed by atoms with Gasteiger partial charge in [0.1, 0.15) is 12.1 Å². The third-order valence-corrected chi connectivity index (χ3v) is 4.20. The number of nitrogens with one attached hydrogen (secondary N) is 3. The highest BCUT2D eigenvalue weighted by Crippen LogP contribution is 2.04. The third kappa shape index (κ3) is 10.1. The molecular formula is C17H29N9O5. The fourth-order valence-corrected chi connectivity index (χ4v) is 2.59. The molecule has 3 amide bonds. The van der Waals surface area contributed by atoms with E-state index in [2.05, 4.69) is 25.6 Å². The number of hydrogen-bond acceptors (Lipinski definition) is 7. The number of aliphatic imine (C=N–C) groups is 1. The number of aromatic nitrogens is 2. The van der Waals surface area contributed by atoms with Crippen molar-refractivity contribution < 1.29 is 24.3 Å². The van der Waals surface area contributed by atoms with Crippen LogP contribution in [0.15, 0.2) is 17.5 Å². The maximum absolute atomic E-state index is 12.7. The highest BCUT2D eigenvalue weighted by Gasteiger charge is 2.28. The van der Waals surface area contributed by atoms with Gasteiger partial charge in [-0.1, -0.05) is 0 Å². The van der Waals surface area contributed by atoms with Gasteiger partial charge >= 0.3 is 5.97 Å². The summed E-state index contributed by atoms with van der Waals surface area (Å²) in [4.78, 5) is 57.9. The number of guanidine groups is 1. The van der Waals surface area contributed by atoms with E-state index in [4.69, 9.17) is 22.9 Å². The molecule has 14 heteroatoms. The lowest BCUT2D eigenvalue weighted by atomic mass is 10.1. The summed E-state index contributed by atoms with van der Waals surface area (Å²) in [6.07, 6.45) is 3.14. The zero-order chi connectivity index (χ0) is 23.4. The molecule has 1 heterocycles. The highest BCUT2D eigenvalue weighted by molar-refractivity contribution is 5.92. The summed E-state index contributed by atoms with van der Waals surface area (Å²) in [7, 11) is 0. The predicted octanol–water partition coefficient (Wildman–Crippen LogP) is -3.35. The van der Waals surface area contributed by atoms with E-state index in [9.17, 15) is 24.3 Å². The van der Waals surface area contributed by atoms with Crippen LogP contribution >= 0.6 is 0 Å². The number of primary amides is 1. The maximum atomic E-state index is 12.7. The Balaban J connectivity index is 2.80. The molecular weight excluding hydrogens is 410 g/mol. The topological polar surface area (TPSA) is 258 Å². The van der Waals surface area contributed by atoms with Gasteiger partial charge in [-0.3, -0.25) is 19.4 Å². The van der Waals surface area contributed by atoms with Crippen molar-refractivity contribution >= 4 is 29.7 Å². The van der Waals surface area contributed by atoms with Gasteiger partial charge in [-0.15, -0.1) is 0 Å². The number of nitrogens with zero attached hydrogens (tertiary/aromatic N) is 2. The summed E-state index contributed by atoms with van der Waals surface area (Å²) in [5.41, 5.74) is 22.1. The van der Waals surface area contributed by atoms with Crippen molar-refractivity contribution in [2.75, 3.05) is 6.54 Å². The molecule has 1 aromatic rings. The van der Waals surface area contributed by atoms with Crippen LogP contribution in [0.3, 0.4) is 0 Å². The lowest BCUT2D eigenvalue weighted by Crippen LogP contribution is -2.54. The van der Waals surface area contributed by atoms with Crippen molar-refractivity contribution in [1.29, 1.82) is 0 Å². The average Bonchev–Trinajstić information content (AvgIpc) is 3.19. The molecule has 1 rings (SSSR count). The molecule has 0 aliphatic carbocycles. The molecule has 172 valence electrons. The Hall–Kier alpha value is -3.68. The van der Waals surface area contributed by atoms with Crippen molar-refractivity contribution in [1.82, 2.24) is 20.6 Å². The zero-order valence-corrected chi connectivity index (χ0v) is 16.9. The van der Waals surface area contributed by atoms with E-state index in [1.165, 1.54) is 12.5 Å². The van der Waals surface area contributed by atoms with Crippen molar-refractivity contribution in [3.05, 3.63) is 18.2 Å². The summed E-state index contributed by atoms with van der Waals surface area (Å²) in [6.45, 7) is 0.201. The minimum atomic E-state index is -1.35. The van der Waals surface area contributed by atoms with Crippen molar-refractivity contribution in [3.8, 4) is 0 Å². The smallest absolute Gasteiger partial charge is 0.326 e. The molecule has 0 unspecified atom stereocenters. The fourth-order valence-electron chi connectivity index (χ4n) is 2.59. The van der Waals surface area contributed by atoms with E-state index in [-0.39, 0.29) is 38.2 Å². The van der Waals surface area contributed by atoms with E-state index in [0.717, 1.165) is 0 Å². The SMILES string of the molecule is NC(=O)CC[C@H](NC(=O)[C@H](CCCN=C(N)N)NC(=O)[C@@H](N)Cc1cnc[nH]1)C(=O)O. The number of carbonyl (C=O) groups excluding carboxylic acids is 3. The van der Waals surface area contributed by atoms with Gasteiger partial charge < -0.3 is 43.7 Å². The first-order valence-electron chi connectivity index (χ1n) is 9.50. The first kappa shape index (κ1) is 25.4. The first-order chi connectivity index (χ1) is 14.6. The number of nitrogens with two attached hydrogens (primary N) is 4. The Morgan fingerprint density at radius 2 is 1.77 bits per heavy atom. The van der Waals surface area contributed by atoms with Crippen LogP contribution in [-0.2, 0) is 25.6 Å². The number of hydrogen-bond donors (Lipinski definition) is 8. The third-order valence-electron chi connectivity index (χ3n) is 4.20. The van der Waals surface area contributed by atoms with Crippen LogP contribution in [0.2, 0.25) is 0 Å². The Labute approximate surface area is 178 Å². The predicted molar refractivity (Wildman–Crippen MR) is 110 cm³/mol. The van der Waals surface area contributed by atoms with E-state index in [1.807, 2.05) is 0 Å². The zero-order valence-electron chi connectivity index (χ0n) is 16.9. The summed E-state index contributed by atoms with van der Waals surface area (Å²) in [6, 6.07) is -3.42. The number of aliphatic carboxylic acids is 1. The summed E-state index contributed by atoms with van der Waals surface area (Å²) >= 11 is 0. The Kier molecular flexibility index (Phi) is 10.5. The van der Waals surface area contributed by atoms with Crippen LogP contribution < -0.4 is 33.6 Å². The van der Waals surface area contributed by atoms with Crippen LogP contribution in [0.4, 0.5) is 0 Å². The second kappa shape index (κ2) is 12.8. The molecule has 1 aromatic heterocycles. The molecule has 0 spiro atoms. The molecule has 3 atom stereocenters. The second-order valence-electron chi connectivity index (χ2n) is 6.80. The van der Waals surface area contributed by atoms with Gasteiger partial charge in [0.15, 0.2) is 5.96 Å². The molecule has 0 bridgehead atoms. The second-order valence-corrected chi connectivity index (χ2v) is 6.80. The Morgan fingerprint density at radius 3 is 2.32 bits per heavy atom. The van der Waals surface area contributed by atoms with E-state index < -0.39 is 41.8 Å². The van der Waals surface area contributed by atoms with Gasteiger partial charge in [0.25, 0.3) is 0 Å². The number of carboxylic acids is 1. The molecule has 0 aliphatic heterocycles. The summed E-state index contributed by atoms with van der Waals surface area (Å²) < 4.78 is 0. The number of amides is 3. The normalized spacial score (nSPS) is 13.5. The number of carboxylic acid groups (broad SMARTS) is 1. The number of rotatable bonds is 14. The number of H-pyrrole nitrogens is 1. The van der Waals surface area contributed by atoms with Gasteiger partial charge in [0, 0.05) is 31.3 Å². The van der Waals surface area contributed by atoms with Crippen molar-refractivity contribution in [3.63, 3.8) is 0 Å². The van der Waals surface area contributed by atoms with E-state index in [0.29, 0.717) is 12.1 Å². The van der Waals surface area contributed by atoms with Crippen LogP contribution in [0.1, 0.15) is 31.4 Å². The minimum Gasteiger partial charge on any atom is -0.480 e. The average molecular weight is 439 g/mol. The van der Waals surface area contributed by atoms with Gasteiger partial charge in [0.2, 0.25) is 17.7 Å². The van der Waals surface area contributed by atoms with Gasteiger partial charge in [-0.25, -0.2) is 9.78 Å². The minimum absolute atomic E-state index is 0.118. The number of imidazole rings is 1. The summed E-state index contributed by atoms with van der Waals surface area (Å²) in [5.74, 6) is -3.52. The number of carbonyl (C=O) groups is 4. The standard InChI is InChI=1S/C17H29N9O5/c18-10(6-9-7-22-8-24-9)14(28)25-11(2-1-5-23-17(20)21)15(29)26-12(16(30)31)3-4-13(19)27/h7-8,10-12H,1-6,18H2,(H2,19,27)(H,22,24)(H,25,28)(H,26,29)(H,30,31)(H4,20,21,23)/t10-,11-,12-/m0/s1. The van der Waals surface area contributed by atoms with Crippen LogP contribution in [0, 0.1) is 0 Å². The van der Waals surface area contributed by atoms with Crippen molar-refractivity contribution in [2.45, 2.75) is 50.2 Å². The van der Waals surface area contributed by atoms with E-state index >= 15 is 0 Å². The van der Waals surface area contributed by atoms with Crippen molar-refractivity contribution in [2.24, 2.45) is 27.9 Å². The maximum Gasteiger partial charge on any atom is 0.326 e. The molecule has 0 aromatic carbocycles.